The zero-order valence-corrected chi connectivity index (χ0v) is 9.10. The molecule has 0 radical (unpaired) electrons. The fourth-order valence-corrected chi connectivity index (χ4v) is 2.16. The lowest BCUT2D eigenvalue weighted by atomic mass is 9.85. The average molecular weight is 248 g/mol. The molecule has 0 fully saturated rings. The quantitative estimate of drug-likeness (QED) is 0.775. The van der Waals surface area contributed by atoms with Crippen molar-refractivity contribution in [1.82, 2.24) is 10.2 Å². The van der Waals surface area contributed by atoms with Gasteiger partial charge >= 0.3 is 12.1 Å². The number of hydrogen-bond acceptors (Lipinski definition) is 3. The Kier molecular flexibility index (Phi) is 2.84. The Morgan fingerprint density at radius 3 is 2.82 bits per heavy atom. The maximum absolute atomic E-state index is 12.9. The summed E-state index contributed by atoms with van der Waals surface area (Å²) in [4.78, 5) is 11.3. The summed E-state index contributed by atoms with van der Waals surface area (Å²) >= 11 is 0. The number of H-pyrrole nitrogens is 1. The number of carbonyl (C=O) groups excluding carboxylic acids is 1. The number of rotatable bonds is 1. The molecule has 1 atom stereocenters. The maximum Gasteiger partial charge on any atom is 0.395 e. The van der Waals surface area contributed by atoms with Gasteiger partial charge in [-0.15, -0.1) is 0 Å². The average Bonchev–Trinajstić information content (AvgIpc) is 2.70. The van der Waals surface area contributed by atoms with Gasteiger partial charge in [0.2, 0.25) is 0 Å². The van der Waals surface area contributed by atoms with Crippen molar-refractivity contribution < 1.29 is 22.7 Å². The number of carbonyl (C=O) groups is 1. The van der Waals surface area contributed by atoms with Gasteiger partial charge in [-0.3, -0.25) is 5.10 Å². The minimum absolute atomic E-state index is 0.0139. The number of aromatic amines is 1. The largest absolute Gasteiger partial charge is 0.464 e. The molecule has 1 aliphatic carbocycles. The van der Waals surface area contributed by atoms with E-state index < -0.39 is 18.1 Å². The number of esters is 1. The van der Waals surface area contributed by atoms with Crippen molar-refractivity contribution >= 4 is 5.97 Å². The van der Waals surface area contributed by atoms with E-state index in [9.17, 15) is 18.0 Å². The van der Waals surface area contributed by atoms with E-state index >= 15 is 0 Å². The van der Waals surface area contributed by atoms with Crippen LogP contribution in [0.1, 0.15) is 40.5 Å². The number of methoxy groups -OCH3 is 1. The monoisotopic (exact) mass is 248 g/mol. The molecule has 94 valence electrons. The summed E-state index contributed by atoms with van der Waals surface area (Å²) in [5.41, 5.74) is 0.0964. The third-order valence-corrected chi connectivity index (χ3v) is 2.92. The Labute approximate surface area is 95.1 Å². The predicted molar refractivity (Wildman–Crippen MR) is 51.7 cm³/mol. The van der Waals surface area contributed by atoms with Crippen molar-refractivity contribution in [1.29, 1.82) is 0 Å². The number of aromatic nitrogens is 2. The van der Waals surface area contributed by atoms with E-state index in [2.05, 4.69) is 14.9 Å². The van der Waals surface area contributed by atoms with Crippen LogP contribution in [-0.4, -0.2) is 29.5 Å². The second-order valence-electron chi connectivity index (χ2n) is 3.94. The summed E-state index contributed by atoms with van der Waals surface area (Å²) in [6.07, 6.45) is -3.46. The van der Waals surface area contributed by atoms with Gasteiger partial charge in [0.05, 0.1) is 13.0 Å². The molecule has 1 N–H and O–H groups in total. The second kappa shape index (κ2) is 4.05. The third-order valence-electron chi connectivity index (χ3n) is 2.92. The van der Waals surface area contributed by atoms with Crippen molar-refractivity contribution in [3.8, 4) is 0 Å². The lowest BCUT2D eigenvalue weighted by Crippen LogP contribution is -2.26. The molecule has 0 saturated heterocycles. The number of nitrogens with one attached hydrogen (secondary N) is 1. The van der Waals surface area contributed by atoms with Crippen LogP contribution in [0.5, 0.6) is 0 Å². The van der Waals surface area contributed by atoms with E-state index in [0.29, 0.717) is 18.5 Å². The minimum atomic E-state index is -4.36. The lowest BCUT2D eigenvalue weighted by molar-refractivity contribution is -0.153. The number of halogens is 3. The molecule has 17 heavy (non-hydrogen) atoms. The number of fused-ring (bicyclic) bond motifs is 1. The first kappa shape index (κ1) is 11.9. The van der Waals surface area contributed by atoms with Crippen molar-refractivity contribution in [2.24, 2.45) is 0 Å². The molecule has 0 bridgehead atoms. The fraction of sp³-hybridized carbons (Fsp3) is 0.600. The molecule has 1 aromatic heterocycles. The van der Waals surface area contributed by atoms with Crippen LogP contribution in [0.3, 0.4) is 0 Å². The highest BCUT2D eigenvalue weighted by Gasteiger charge is 2.46. The first-order valence-electron chi connectivity index (χ1n) is 5.17. The summed E-state index contributed by atoms with van der Waals surface area (Å²) in [6.45, 7) is 0. The van der Waals surface area contributed by atoms with Crippen LogP contribution in [0.15, 0.2) is 0 Å². The van der Waals surface area contributed by atoms with E-state index in [-0.39, 0.29) is 17.7 Å². The van der Waals surface area contributed by atoms with E-state index in [0.717, 1.165) is 7.11 Å². The first-order valence-corrected chi connectivity index (χ1v) is 5.17. The van der Waals surface area contributed by atoms with Gasteiger partial charge in [-0.25, -0.2) is 4.79 Å². The normalized spacial score (nSPS) is 19.9. The maximum atomic E-state index is 12.9. The summed E-state index contributed by atoms with van der Waals surface area (Å²) < 4.78 is 43.0. The molecule has 0 spiro atoms. The van der Waals surface area contributed by atoms with Crippen molar-refractivity contribution in [2.75, 3.05) is 7.11 Å². The van der Waals surface area contributed by atoms with Crippen LogP contribution >= 0.6 is 0 Å². The van der Waals surface area contributed by atoms with Gasteiger partial charge in [0.25, 0.3) is 0 Å². The van der Waals surface area contributed by atoms with E-state index in [1.807, 2.05) is 0 Å². The molecule has 1 aromatic rings. The molecule has 4 nitrogen and oxygen atoms in total. The van der Waals surface area contributed by atoms with Gasteiger partial charge in [0.1, 0.15) is 0 Å². The van der Waals surface area contributed by atoms with E-state index in [1.165, 1.54) is 0 Å². The molecule has 1 aliphatic rings. The van der Waals surface area contributed by atoms with Gasteiger partial charge < -0.3 is 4.74 Å². The van der Waals surface area contributed by atoms with Gasteiger partial charge in [-0.05, 0) is 19.3 Å². The minimum Gasteiger partial charge on any atom is -0.464 e. The number of nitrogens with zero attached hydrogens (tertiary/aromatic N) is 1. The smallest absolute Gasteiger partial charge is 0.395 e. The van der Waals surface area contributed by atoms with Crippen LogP contribution in [0.25, 0.3) is 0 Å². The van der Waals surface area contributed by atoms with Crippen LogP contribution in [0.2, 0.25) is 0 Å². The Morgan fingerprint density at radius 1 is 1.53 bits per heavy atom. The van der Waals surface area contributed by atoms with Crippen molar-refractivity contribution in [3.05, 3.63) is 17.0 Å². The van der Waals surface area contributed by atoms with Crippen LogP contribution < -0.4 is 0 Å². The molecular formula is C10H11F3N2O2. The molecule has 1 unspecified atom stereocenters. The first-order chi connectivity index (χ1) is 7.95. The predicted octanol–water partition coefficient (Wildman–Crippen LogP) is 2.18. The van der Waals surface area contributed by atoms with Gasteiger partial charge in [0.15, 0.2) is 5.69 Å². The second-order valence-corrected chi connectivity index (χ2v) is 3.94. The SMILES string of the molecule is COC(=O)c1n[nH]c2c1C(C(F)(F)F)CCC2. The zero-order valence-electron chi connectivity index (χ0n) is 9.10. The highest BCUT2D eigenvalue weighted by atomic mass is 19.4. The molecule has 0 amide bonds. The Balaban J connectivity index is 2.48. The van der Waals surface area contributed by atoms with E-state index in [4.69, 9.17) is 0 Å². The molecule has 0 aliphatic heterocycles. The van der Waals surface area contributed by atoms with Crippen molar-refractivity contribution in [3.63, 3.8) is 0 Å². The molecule has 2 rings (SSSR count). The van der Waals surface area contributed by atoms with Gasteiger partial charge in [-0.2, -0.15) is 18.3 Å². The number of hydrogen-bond donors (Lipinski definition) is 1. The van der Waals surface area contributed by atoms with Gasteiger partial charge in [0, 0.05) is 11.3 Å². The molecule has 0 saturated carbocycles. The Morgan fingerprint density at radius 2 is 2.24 bits per heavy atom. The van der Waals surface area contributed by atoms with Crippen molar-refractivity contribution in [2.45, 2.75) is 31.4 Å². The standard InChI is InChI=1S/C10H11F3N2O2/c1-17-9(16)8-7-5(10(11,12)13)3-2-4-6(7)14-15-8/h5H,2-4H2,1H3,(H,14,15). The highest BCUT2D eigenvalue weighted by molar-refractivity contribution is 5.89. The van der Waals surface area contributed by atoms with Crippen LogP contribution in [-0.2, 0) is 11.2 Å². The third kappa shape index (κ3) is 2.01. The number of alkyl halides is 3. The Hall–Kier alpha value is -1.53. The topological polar surface area (TPSA) is 55.0 Å². The lowest BCUT2D eigenvalue weighted by Gasteiger charge is -2.24. The fourth-order valence-electron chi connectivity index (χ4n) is 2.16. The van der Waals surface area contributed by atoms with Gasteiger partial charge in [-0.1, -0.05) is 0 Å². The van der Waals surface area contributed by atoms with E-state index in [1.54, 1.807) is 0 Å². The summed E-state index contributed by atoms with van der Waals surface area (Å²) in [5.74, 6) is -2.46. The molecule has 1 heterocycles. The van der Waals surface area contributed by atoms with Crippen LogP contribution in [0.4, 0.5) is 13.2 Å². The number of ether oxygens (including phenoxy) is 1. The highest BCUT2D eigenvalue weighted by Crippen LogP contribution is 2.43. The molecular weight excluding hydrogens is 237 g/mol. The summed E-state index contributed by atoms with van der Waals surface area (Å²) in [7, 11) is 1.12. The summed E-state index contributed by atoms with van der Waals surface area (Å²) in [5, 5.41) is 6.13. The van der Waals surface area contributed by atoms with Crippen LogP contribution in [0, 0.1) is 0 Å². The molecule has 0 aromatic carbocycles. The Bertz CT molecular complexity index is 439. The zero-order chi connectivity index (χ0) is 12.6. The number of aryl methyl sites for hydroxylation is 1. The summed E-state index contributed by atoms with van der Waals surface area (Å²) in [6, 6.07) is 0. The molecule has 7 heteroatoms.